The number of nitrogens with one attached hydrogen (secondary N) is 1. The van der Waals surface area contributed by atoms with Gasteiger partial charge in [0.25, 0.3) is 11.8 Å². The molecule has 7 nitrogen and oxygen atoms in total. The van der Waals surface area contributed by atoms with E-state index in [1.165, 1.54) is 11.3 Å². The quantitative estimate of drug-likeness (QED) is 0.376. The summed E-state index contributed by atoms with van der Waals surface area (Å²) in [6.45, 7) is 5.93. The van der Waals surface area contributed by atoms with E-state index in [0.717, 1.165) is 23.6 Å². The number of amides is 2. The highest BCUT2D eigenvalue weighted by molar-refractivity contribution is 7.09. The zero-order valence-corrected chi connectivity index (χ0v) is 22.0. The Balaban J connectivity index is 1.23. The monoisotopic (exact) mass is 527 g/mol. The second kappa shape index (κ2) is 12.2. The van der Waals surface area contributed by atoms with Crippen molar-refractivity contribution in [3.8, 4) is 11.5 Å². The standard InChI is InChI=1S/C27H30ClN3O4S/c1-18(2)35-21-9-7-20(8-10-21)27(33)31-14-11-19(12-15-31)26-30-23(17-36-26)25(32)29-13-16-34-24-6-4-3-5-22(24)28/h3-10,17-19H,11-16H2,1-2H3,(H,29,32). The van der Waals surface area contributed by atoms with E-state index in [-0.39, 0.29) is 23.8 Å². The number of nitrogens with zero attached hydrogens (tertiary/aromatic N) is 2. The van der Waals surface area contributed by atoms with E-state index in [1.54, 1.807) is 17.5 Å². The van der Waals surface area contributed by atoms with E-state index in [4.69, 9.17) is 21.1 Å². The van der Waals surface area contributed by atoms with Crippen LogP contribution in [0.5, 0.6) is 11.5 Å². The number of carbonyl (C=O) groups excluding carboxylic acids is 2. The predicted molar refractivity (Wildman–Crippen MR) is 141 cm³/mol. The molecule has 1 aliphatic rings. The highest BCUT2D eigenvalue weighted by Crippen LogP contribution is 2.31. The minimum Gasteiger partial charge on any atom is -0.491 e. The third-order valence-electron chi connectivity index (χ3n) is 5.84. The summed E-state index contributed by atoms with van der Waals surface area (Å²) < 4.78 is 11.3. The maximum Gasteiger partial charge on any atom is 0.270 e. The van der Waals surface area contributed by atoms with Gasteiger partial charge in [0, 0.05) is 30.0 Å². The molecule has 1 N–H and O–H groups in total. The summed E-state index contributed by atoms with van der Waals surface area (Å²) in [5, 5.41) is 6.10. The van der Waals surface area contributed by atoms with Crippen LogP contribution in [0, 0.1) is 0 Å². The number of aromatic nitrogens is 1. The van der Waals surface area contributed by atoms with Gasteiger partial charge in [-0.25, -0.2) is 4.98 Å². The van der Waals surface area contributed by atoms with E-state index in [0.29, 0.717) is 48.3 Å². The largest absolute Gasteiger partial charge is 0.491 e. The molecule has 0 aliphatic carbocycles. The molecule has 190 valence electrons. The van der Waals surface area contributed by atoms with Gasteiger partial charge in [0.1, 0.15) is 23.8 Å². The maximum absolute atomic E-state index is 12.9. The van der Waals surface area contributed by atoms with Crippen LogP contribution in [0.2, 0.25) is 5.02 Å². The molecular formula is C27H30ClN3O4S. The average molecular weight is 528 g/mol. The fraction of sp³-hybridized carbons (Fsp3) is 0.370. The Hall–Kier alpha value is -3.10. The van der Waals surface area contributed by atoms with Crippen LogP contribution in [-0.2, 0) is 0 Å². The van der Waals surface area contributed by atoms with Gasteiger partial charge in [-0.05, 0) is 63.1 Å². The number of hydrogen-bond donors (Lipinski definition) is 1. The maximum atomic E-state index is 12.9. The Labute approximate surface area is 220 Å². The number of carbonyl (C=O) groups is 2. The molecule has 0 saturated carbocycles. The first-order valence-corrected chi connectivity index (χ1v) is 13.3. The molecule has 0 unspecified atom stereocenters. The zero-order valence-electron chi connectivity index (χ0n) is 20.4. The van der Waals surface area contributed by atoms with Crippen molar-refractivity contribution in [3.05, 3.63) is 75.2 Å². The lowest BCUT2D eigenvalue weighted by molar-refractivity contribution is 0.0713. The van der Waals surface area contributed by atoms with Gasteiger partial charge >= 0.3 is 0 Å². The number of likely N-dealkylation sites (tertiary alicyclic amines) is 1. The summed E-state index contributed by atoms with van der Waals surface area (Å²) in [4.78, 5) is 31.9. The van der Waals surface area contributed by atoms with E-state index in [9.17, 15) is 9.59 Å². The summed E-state index contributed by atoms with van der Waals surface area (Å²) in [7, 11) is 0. The summed E-state index contributed by atoms with van der Waals surface area (Å²) >= 11 is 7.57. The first-order chi connectivity index (χ1) is 17.4. The van der Waals surface area contributed by atoms with Gasteiger partial charge < -0.3 is 19.7 Å². The first-order valence-electron chi connectivity index (χ1n) is 12.1. The van der Waals surface area contributed by atoms with Crippen LogP contribution in [0.25, 0.3) is 0 Å². The second-order valence-corrected chi connectivity index (χ2v) is 10.2. The van der Waals surface area contributed by atoms with Crippen LogP contribution in [0.4, 0.5) is 0 Å². The fourth-order valence-electron chi connectivity index (χ4n) is 4.02. The van der Waals surface area contributed by atoms with Crippen molar-refractivity contribution in [2.75, 3.05) is 26.2 Å². The topological polar surface area (TPSA) is 80.8 Å². The summed E-state index contributed by atoms with van der Waals surface area (Å²) in [6.07, 6.45) is 1.73. The molecule has 36 heavy (non-hydrogen) atoms. The molecule has 1 aromatic heterocycles. The van der Waals surface area contributed by atoms with Crippen molar-refractivity contribution in [1.29, 1.82) is 0 Å². The number of halogens is 1. The lowest BCUT2D eigenvalue weighted by atomic mass is 9.97. The number of para-hydroxylation sites is 1. The SMILES string of the molecule is CC(C)Oc1ccc(C(=O)N2CCC(c3nc(C(=O)NCCOc4ccccc4Cl)cs3)CC2)cc1. The zero-order chi connectivity index (χ0) is 25.5. The first kappa shape index (κ1) is 26.0. The molecule has 0 bridgehead atoms. The van der Waals surface area contributed by atoms with Crippen LogP contribution in [0.1, 0.15) is 58.5 Å². The Kier molecular flexibility index (Phi) is 8.83. The van der Waals surface area contributed by atoms with Gasteiger partial charge in [0.2, 0.25) is 0 Å². The molecule has 1 aliphatic heterocycles. The highest BCUT2D eigenvalue weighted by atomic mass is 35.5. The van der Waals surface area contributed by atoms with Gasteiger partial charge in [-0.2, -0.15) is 0 Å². The summed E-state index contributed by atoms with van der Waals surface area (Å²) in [6, 6.07) is 14.5. The molecule has 3 aromatic rings. The van der Waals surface area contributed by atoms with Crippen molar-refractivity contribution in [3.63, 3.8) is 0 Å². The van der Waals surface area contributed by atoms with E-state index in [1.807, 2.05) is 55.1 Å². The number of hydrogen-bond acceptors (Lipinski definition) is 6. The minimum atomic E-state index is -0.224. The highest BCUT2D eigenvalue weighted by Gasteiger charge is 2.27. The summed E-state index contributed by atoms with van der Waals surface area (Å²) in [5.41, 5.74) is 1.08. The molecule has 1 saturated heterocycles. The third-order valence-corrected chi connectivity index (χ3v) is 7.16. The number of piperidine rings is 1. The van der Waals surface area contributed by atoms with Crippen LogP contribution in [0.3, 0.4) is 0 Å². The van der Waals surface area contributed by atoms with Crippen molar-refractivity contribution in [2.45, 2.75) is 38.7 Å². The lowest BCUT2D eigenvalue weighted by Gasteiger charge is -2.31. The molecule has 0 spiro atoms. The van der Waals surface area contributed by atoms with Gasteiger partial charge in [-0.15, -0.1) is 11.3 Å². The molecule has 2 heterocycles. The van der Waals surface area contributed by atoms with Crippen LogP contribution < -0.4 is 14.8 Å². The van der Waals surface area contributed by atoms with Crippen molar-refractivity contribution >= 4 is 34.8 Å². The molecule has 0 radical (unpaired) electrons. The molecule has 2 amide bonds. The van der Waals surface area contributed by atoms with E-state index < -0.39 is 0 Å². The third kappa shape index (κ3) is 6.77. The Morgan fingerprint density at radius 3 is 2.56 bits per heavy atom. The predicted octanol–water partition coefficient (Wildman–Crippen LogP) is 5.41. The van der Waals surface area contributed by atoms with Crippen molar-refractivity contribution in [2.24, 2.45) is 0 Å². The van der Waals surface area contributed by atoms with Gasteiger partial charge in [0.05, 0.1) is 22.7 Å². The molecule has 2 aromatic carbocycles. The average Bonchev–Trinajstić information content (AvgIpc) is 3.38. The minimum absolute atomic E-state index is 0.0303. The fourth-order valence-corrected chi connectivity index (χ4v) is 5.18. The summed E-state index contributed by atoms with van der Waals surface area (Å²) in [5.74, 6) is 1.40. The van der Waals surface area contributed by atoms with Crippen LogP contribution >= 0.6 is 22.9 Å². The smallest absolute Gasteiger partial charge is 0.270 e. The number of thiazole rings is 1. The van der Waals surface area contributed by atoms with Crippen LogP contribution in [-0.4, -0.2) is 54.0 Å². The number of rotatable bonds is 9. The normalized spacial score (nSPS) is 14.1. The Bertz CT molecular complexity index is 1170. The van der Waals surface area contributed by atoms with Crippen molar-refractivity contribution < 1.29 is 19.1 Å². The van der Waals surface area contributed by atoms with E-state index >= 15 is 0 Å². The lowest BCUT2D eigenvalue weighted by Crippen LogP contribution is -2.37. The van der Waals surface area contributed by atoms with Gasteiger partial charge in [-0.3, -0.25) is 9.59 Å². The molecule has 1 fully saturated rings. The van der Waals surface area contributed by atoms with Crippen molar-refractivity contribution in [1.82, 2.24) is 15.2 Å². The van der Waals surface area contributed by atoms with E-state index in [2.05, 4.69) is 10.3 Å². The Morgan fingerprint density at radius 2 is 1.86 bits per heavy atom. The molecule has 9 heteroatoms. The number of benzene rings is 2. The number of ether oxygens (including phenoxy) is 2. The Morgan fingerprint density at radius 1 is 1.14 bits per heavy atom. The van der Waals surface area contributed by atoms with Gasteiger partial charge in [0.15, 0.2) is 0 Å². The second-order valence-electron chi connectivity index (χ2n) is 8.86. The molecular weight excluding hydrogens is 498 g/mol. The van der Waals surface area contributed by atoms with Crippen LogP contribution in [0.15, 0.2) is 53.9 Å². The van der Waals surface area contributed by atoms with Gasteiger partial charge in [-0.1, -0.05) is 23.7 Å². The molecule has 4 rings (SSSR count). The molecule has 0 atom stereocenters.